The predicted octanol–water partition coefficient (Wildman–Crippen LogP) is -0.419. The minimum absolute atomic E-state index is 0.278. The van der Waals surface area contributed by atoms with Gasteiger partial charge in [0.15, 0.2) is 5.82 Å². The van der Waals surface area contributed by atoms with Gasteiger partial charge in [0, 0.05) is 4.92 Å². The lowest BCUT2D eigenvalue weighted by Crippen LogP contribution is -1.99. The van der Waals surface area contributed by atoms with Crippen LogP contribution in [0.2, 0.25) is 0 Å². The van der Waals surface area contributed by atoms with Crippen molar-refractivity contribution in [3.63, 3.8) is 0 Å². The number of rotatable bonds is 2. The molecule has 0 aromatic carbocycles. The van der Waals surface area contributed by atoms with Gasteiger partial charge >= 0.3 is 0 Å². The molecule has 9 heavy (non-hydrogen) atoms. The molecule has 0 radical (unpaired) electrons. The van der Waals surface area contributed by atoms with Gasteiger partial charge in [0.25, 0.3) is 6.54 Å². The van der Waals surface area contributed by atoms with Crippen molar-refractivity contribution in [2.45, 2.75) is 6.54 Å². The Bertz CT molecular complexity index is 194. The van der Waals surface area contributed by atoms with Crippen molar-refractivity contribution in [1.82, 2.24) is 15.2 Å². The largest absolute Gasteiger partial charge is 0.264 e. The zero-order chi connectivity index (χ0) is 6.69. The zero-order valence-electron chi connectivity index (χ0n) is 4.44. The summed E-state index contributed by atoms with van der Waals surface area (Å²) in [6.07, 6.45) is 1.23. The Kier molecular flexibility index (Phi) is 1.39. The monoisotopic (exact) mass is 128 g/mol. The quantitative estimate of drug-likeness (QED) is 0.433. The molecule has 1 aromatic rings. The minimum atomic E-state index is -0.472. The Labute approximate surface area is 50.1 Å². The third kappa shape index (κ3) is 1.48. The first kappa shape index (κ1) is 5.67. The summed E-state index contributed by atoms with van der Waals surface area (Å²) in [5.74, 6) is 0.278. The van der Waals surface area contributed by atoms with E-state index in [-0.39, 0.29) is 12.4 Å². The summed E-state index contributed by atoms with van der Waals surface area (Å²) in [6.45, 7) is -0.292. The van der Waals surface area contributed by atoms with Gasteiger partial charge in [0.2, 0.25) is 0 Å². The van der Waals surface area contributed by atoms with Crippen molar-refractivity contribution < 1.29 is 4.92 Å². The Hall–Kier alpha value is -1.46. The van der Waals surface area contributed by atoms with Crippen LogP contribution in [0.15, 0.2) is 6.33 Å². The number of nitro groups is 1. The van der Waals surface area contributed by atoms with E-state index in [4.69, 9.17) is 0 Å². The highest BCUT2D eigenvalue weighted by molar-refractivity contribution is 4.74. The summed E-state index contributed by atoms with van der Waals surface area (Å²) in [5, 5.41) is 15.6. The molecule has 0 aliphatic rings. The van der Waals surface area contributed by atoms with E-state index in [0.717, 1.165) is 0 Å². The maximum atomic E-state index is 9.78. The molecular formula is C3H4N4O2. The average Bonchev–Trinajstić information content (AvgIpc) is 2.15. The van der Waals surface area contributed by atoms with E-state index < -0.39 is 4.92 Å². The molecule has 6 heteroatoms. The van der Waals surface area contributed by atoms with E-state index in [2.05, 4.69) is 15.2 Å². The average molecular weight is 128 g/mol. The Balaban J connectivity index is 2.58. The molecule has 1 N–H and O–H groups in total. The van der Waals surface area contributed by atoms with Gasteiger partial charge in [-0.2, -0.15) is 5.10 Å². The van der Waals surface area contributed by atoms with Crippen molar-refractivity contribution in [1.29, 1.82) is 0 Å². The lowest BCUT2D eigenvalue weighted by Gasteiger charge is -1.83. The minimum Gasteiger partial charge on any atom is -0.264 e. The lowest BCUT2D eigenvalue weighted by atomic mass is 10.6. The molecular weight excluding hydrogens is 124 g/mol. The normalized spacial score (nSPS) is 9.33. The number of aromatic amines is 1. The number of nitrogens with zero attached hydrogens (tertiary/aromatic N) is 3. The number of hydrogen-bond donors (Lipinski definition) is 1. The first-order valence-corrected chi connectivity index (χ1v) is 2.25. The summed E-state index contributed by atoms with van der Waals surface area (Å²) < 4.78 is 0. The molecule has 0 unspecified atom stereocenters. The molecule has 0 bridgehead atoms. The van der Waals surface area contributed by atoms with Crippen LogP contribution in [0.5, 0.6) is 0 Å². The molecule has 0 aliphatic carbocycles. The van der Waals surface area contributed by atoms with Gasteiger partial charge in [0.1, 0.15) is 6.33 Å². The van der Waals surface area contributed by atoms with Crippen LogP contribution < -0.4 is 0 Å². The second-order valence-electron chi connectivity index (χ2n) is 1.42. The zero-order valence-corrected chi connectivity index (χ0v) is 4.44. The van der Waals surface area contributed by atoms with Crippen LogP contribution in [-0.2, 0) is 6.54 Å². The second-order valence-corrected chi connectivity index (χ2v) is 1.42. The first-order valence-electron chi connectivity index (χ1n) is 2.25. The number of H-pyrrole nitrogens is 1. The molecule has 1 heterocycles. The molecule has 48 valence electrons. The summed E-state index contributed by atoms with van der Waals surface area (Å²) in [7, 11) is 0. The highest BCUT2D eigenvalue weighted by Crippen LogP contribution is 1.85. The van der Waals surface area contributed by atoms with Crippen molar-refractivity contribution in [3.8, 4) is 0 Å². The third-order valence-electron chi connectivity index (χ3n) is 0.744. The molecule has 6 nitrogen and oxygen atoms in total. The van der Waals surface area contributed by atoms with E-state index in [1.54, 1.807) is 0 Å². The van der Waals surface area contributed by atoms with E-state index >= 15 is 0 Å². The molecule has 0 amide bonds. The van der Waals surface area contributed by atoms with Gasteiger partial charge in [-0.3, -0.25) is 15.2 Å². The van der Waals surface area contributed by atoms with Gasteiger partial charge in [-0.15, -0.1) is 0 Å². The fourth-order valence-electron chi connectivity index (χ4n) is 0.429. The predicted molar refractivity (Wildman–Crippen MR) is 27.1 cm³/mol. The van der Waals surface area contributed by atoms with Gasteiger partial charge in [-0.1, -0.05) is 0 Å². The molecule has 1 aromatic heterocycles. The lowest BCUT2D eigenvalue weighted by molar-refractivity contribution is -0.498. The van der Waals surface area contributed by atoms with Crippen molar-refractivity contribution in [2.75, 3.05) is 0 Å². The van der Waals surface area contributed by atoms with E-state index in [1.165, 1.54) is 6.33 Å². The highest BCUT2D eigenvalue weighted by atomic mass is 16.6. The Morgan fingerprint density at radius 1 is 1.89 bits per heavy atom. The maximum Gasteiger partial charge on any atom is 0.262 e. The molecule has 0 fully saturated rings. The van der Waals surface area contributed by atoms with Crippen LogP contribution in [0.25, 0.3) is 0 Å². The van der Waals surface area contributed by atoms with Crippen LogP contribution in [0.4, 0.5) is 0 Å². The SMILES string of the molecule is O=[N+]([O-])Cc1ncn[nH]1. The number of nitrogens with one attached hydrogen (secondary N) is 1. The fraction of sp³-hybridized carbons (Fsp3) is 0.333. The van der Waals surface area contributed by atoms with E-state index in [0.29, 0.717) is 0 Å². The number of hydrogen-bond acceptors (Lipinski definition) is 4. The van der Waals surface area contributed by atoms with E-state index in [9.17, 15) is 10.1 Å². The van der Waals surface area contributed by atoms with Crippen LogP contribution in [0.1, 0.15) is 5.82 Å². The van der Waals surface area contributed by atoms with Gasteiger partial charge < -0.3 is 0 Å². The van der Waals surface area contributed by atoms with Gasteiger partial charge in [0.05, 0.1) is 0 Å². The van der Waals surface area contributed by atoms with Crippen LogP contribution in [-0.4, -0.2) is 20.1 Å². The van der Waals surface area contributed by atoms with Crippen LogP contribution >= 0.6 is 0 Å². The Morgan fingerprint density at radius 3 is 3.11 bits per heavy atom. The second kappa shape index (κ2) is 2.21. The van der Waals surface area contributed by atoms with Gasteiger partial charge in [-0.25, -0.2) is 4.98 Å². The van der Waals surface area contributed by atoms with Gasteiger partial charge in [-0.05, 0) is 0 Å². The first-order chi connectivity index (χ1) is 4.29. The Morgan fingerprint density at radius 2 is 2.67 bits per heavy atom. The molecule has 0 atom stereocenters. The standard InChI is InChI=1S/C3H4N4O2/c8-7(9)1-3-4-2-5-6-3/h2H,1H2,(H,4,5,6). The van der Waals surface area contributed by atoms with Crippen molar-refractivity contribution in [2.24, 2.45) is 0 Å². The smallest absolute Gasteiger partial charge is 0.262 e. The summed E-state index contributed by atoms with van der Waals surface area (Å²) in [4.78, 5) is 12.9. The number of aromatic nitrogens is 3. The van der Waals surface area contributed by atoms with Crippen molar-refractivity contribution in [3.05, 3.63) is 22.3 Å². The summed E-state index contributed by atoms with van der Waals surface area (Å²) >= 11 is 0. The molecule has 0 aliphatic heterocycles. The van der Waals surface area contributed by atoms with E-state index in [1.807, 2.05) is 0 Å². The summed E-state index contributed by atoms with van der Waals surface area (Å²) in [5.41, 5.74) is 0. The van der Waals surface area contributed by atoms with Crippen LogP contribution in [0.3, 0.4) is 0 Å². The maximum absolute atomic E-state index is 9.78. The summed E-state index contributed by atoms with van der Waals surface area (Å²) in [6, 6.07) is 0. The molecule has 0 spiro atoms. The van der Waals surface area contributed by atoms with Crippen molar-refractivity contribution >= 4 is 0 Å². The highest BCUT2D eigenvalue weighted by Gasteiger charge is 2.01. The molecule has 0 saturated heterocycles. The topological polar surface area (TPSA) is 84.7 Å². The third-order valence-corrected chi connectivity index (χ3v) is 0.744. The fourth-order valence-corrected chi connectivity index (χ4v) is 0.429. The molecule has 1 rings (SSSR count). The molecule has 0 saturated carbocycles. The van der Waals surface area contributed by atoms with Crippen LogP contribution in [0, 0.1) is 10.1 Å².